The van der Waals surface area contributed by atoms with Crippen LogP contribution in [0.3, 0.4) is 0 Å². The monoisotopic (exact) mass is 332 g/mol. The van der Waals surface area contributed by atoms with Crippen LogP contribution in [0.1, 0.15) is 26.7 Å². The molecule has 0 unspecified atom stereocenters. The molecule has 3 rings (SSSR count). The molecule has 1 aromatic carbocycles. The number of methoxy groups -OCH3 is 1. The van der Waals surface area contributed by atoms with Crippen LogP contribution >= 0.6 is 12.2 Å². The predicted octanol–water partition coefficient (Wildman–Crippen LogP) is 3.49. The summed E-state index contributed by atoms with van der Waals surface area (Å²) in [6.45, 7) is 6.34. The summed E-state index contributed by atoms with van der Waals surface area (Å²) in [6.07, 6.45) is 4.35. The minimum atomic E-state index is 0.640. The number of benzene rings is 1. The van der Waals surface area contributed by atoms with E-state index in [0.717, 1.165) is 24.7 Å². The van der Waals surface area contributed by atoms with Gasteiger partial charge in [0.1, 0.15) is 12.1 Å². The Morgan fingerprint density at radius 3 is 2.74 bits per heavy atom. The van der Waals surface area contributed by atoms with E-state index in [1.807, 2.05) is 33.5 Å². The van der Waals surface area contributed by atoms with Gasteiger partial charge in [-0.25, -0.2) is 4.68 Å². The van der Waals surface area contributed by atoms with Crippen LogP contribution in [0, 0.1) is 10.7 Å². The number of nitrogens with zero attached hydrogens (tertiary/aromatic N) is 4. The molecule has 1 aliphatic carbocycles. The maximum atomic E-state index is 5.64. The van der Waals surface area contributed by atoms with Crippen LogP contribution in [-0.2, 0) is 6.67 Å². The Balaban J connectivity index is 1.85. The molecule has 6 heteroatoms. The molecule has 1 heterocycles. The second kappa shape index (κ2) is 6.84. The van der Waals surface area contributed by atoms with Gasteiger partial charge < -0.3 is 4.74 Å². The highest BCUT2D eigenvalue weighted by Gasteiger charge is 2.29. The van der Waals surface area contributed by atoms with E-state index in [0.29, 0.717) is 16.7 Å². The predicted molar refractivity (Wildman–Crippen MR) is 93.5 cm³/mol. The fourth-order valence-electron chi connectivity index (χ4n) is 2.83. The summed E-state index contributed by atoms with van der Waals surface area (Å²) in [4.78, 5) is 2.49. The molecular formula is C17H24N4OS. The van der Waals surface area contributed by atoms with E-state index >= 15 is 0 Å². The van der Waals surface area contributed by atoms with E-state index in [9.17, 15) is 0 Å². The van der Waals surface area contributed by atoms with E-state index in [1.54, 1.807) is 13.4 Å². The Morgan fingerprint density at radius 2 is 2.09 bits per heavy atom. The number of hydrogen-bond donors (Lipinski definition) is 0. The van der Waals surface area contributed by atoms with Crippen LogP contribution in [-0.4, -0.2) is 38.9 Å². The van der Waals surface area contributed by atoms with Crippen molar-refractivity contribution < 1.29 is 4.74 Å². The zero-order valence-electron chi connectivity index (χ0n) is 14.0. The third kappa shape index (κ3) is 3.64. The Bertz CT molecular complexity index is 717. The highest BCUT2D eigenvalue weighted by Crippen LogP contribution is 2.28. The Morgan fingerprint density at radius 1 is 1.35 bits per heavy atom. The van der Waals surface area contributed by atoms with Crippen LogP contribution in [0.15, 0.2) is 30.6 Å². The average Bonchev–Trinajstić information content (AvgIpc) is 3.32. The maximum absolute atomic E-state index is 5.64. The molecule has 0 saturated heterocycles. The maximum Gasteiger partial charge on any atom is 0.203 e. The van der Waals surface area contributed by atoms with Crippen LogP contribution in [0.25, 0.3) is 5.69 Å². The second-order valence-electron chi connectivity index (χ2n) is 6.49. The molecular weight excluding hydrogens is 308 g/mol. The Kier molecular flexibility index (Phi) is 4.82. The van der Waals surface area contributed by atoms with Gasteiger partial charge in [-0.05, 0) is 43.1 Å². The SMILES string of the molecule is COc1ccccc1-n1cnn(CN(CC(C)C)C2CC2)c1=S. The summed E-state index contributed by atoms with van der Waals surface area (Å²) in [5.41, 5.74) is 0.924. The molecule has 2 aromatic rings. The van der Waals surface area contributed by atoms with E-state index in [4.69, 9.17) is 17.0 Å². The lowest BCUT2D eigenvalue weighted by Gasteiger charge is -2.23. The Labute approximate surface area is 142 Å². The summed E-state index contributed by atoms with van der Waals surface area (Å²) in [5, 5.41) is 4.50. The second-order valence-corrected chi connectivity index (χ2v) is 6.86. The van der Waals surface area contributed by atoms with Gasteiger partial charge in [0, 0.05) is 12.6 Å². The highest BCUT2D eigenvalue weighted by atomic mass is 32.1. The quantitative estimate of drug-likeness (QED) is 0.727. The number of hydrogen-bond acceptors (Lipinski definition) is 4. The van der Waals surface area contributed by atoms with Gasteiger partial charge in [0.25, 0.3) is 0 Å². The fraction of sp³-hybridized carbons (Fsp3) is 0.529. The third-order valence-electron chi connectivity index (χ3n) is 4.06. The first-order valence-electron chi connectivity index (χ1n) is 8.12. The van der Waals surface area contributed by atoms with E-state index in [-0.39, 0.29) is 0 Å². The zero-order valence-corrected chi connectivity index (χ0v) is 14.8. The van der Waals surface area contributed by atoms with Crippen molar-refractivity contribution in [2.45, 2.75) is 39.4 Å². The minimum absolute atomic E-state index is 0.640. The summed E-state index contributed by atoms with van der Waals surface area (Å²) >= 11 is 5.64. The number of para-hydroxylation sites is 2. The molecule has 1 aliphatic rings. The van der Waals surface area contributed by atoms with Gasteiger partial charge in [-0.2, -0.15) is 5.10 Å². The normalized spacial score (nSPS) is 14.7. The van der Waals surface area contributed by atoms with E-state index in [2.05, 4.69) is 23.8 Å². The van der Waals surface area contributed by atoms with Crippen molar-refractivity contribution in [2.24, 2.45) is 5.92 Å². The molecule has 0 spiro atoms. The molecule has 0 radical (unpaired) electrons. The molecule has 1 fully saturated rings. The first-order valence-corrected chi connectivity index (χ1v) is 8.53. The molecule has 0 atom stereocenters. The topological polar surface area (TPSA) is 35.2 Å². The van der Waals surface area contributed by atoms with Gasteiger partial charge in [-0.1, -0.05) is 26.0 Å². The van der Waals surface area contributed by atoms with Gasteiger partial charge in [0.2, 0.25) is 4.77 Å². The van der Waals surface area contributed by atoms with Gasteiger partial charge >= 0.3 is 0 Å². The number of ether oxygens (including phenoxy) is 1. The van der Waals surface area contributed by atoms with Crippen molar-refractivity contribution in [2.75, 3.05) is 13.7 Å². The van der Waals surface area contributed by atoms with Crippen molar-refractivity contribution in [1.82, 2.24) is 19.2 Å². The summed E-state index contributed by atoms with van der Waals surface area (Å²) < 4.78 is 9.95. The van der Waals surface area contributed by atoms with Crippen molar-refractivity contribution >= 4 is 12.2 Å². The lowest BCUT2D eigenvalue weighted by Crippen LogP contribution is -2.32. The first kappa shape index (κ1) is 16.2. The molecule has 0 bridgehead atoms. The van der Waals surface area contributed by atoms with Crippen LogP contribution in [0.2, 0.25) is 0 Å². The first-order chi connectivity index (χ1) is 11.1. The molecule has 0 N–H and O–H groups in total. The molecule has 5 nitrogen and oxygen atoms in total. The van der Waals surface area contributed by atoms with Crippen LogP contribution in [0.4, 0.5) is 0 Å². The van der Waals surface area contributed by atoms with Crippen LogP contribution in [0.5, 0.6) is 5.75 Å². The molecule has 0 aliphatic heterocycles. The van der Waals surface area contributed by atoms with Gasteiger partial charge in [0.15, 0.2) is 0 Å². The number of aromatic nitrogens is 3. The summed E-state index contributed by atoms with van der Waals surface area (Å²) in [7, 11) is 1.67. The standard InChI is InChI=1S/C17H24N4OS/c1-13(2)10-19(14-8-9-14)12-21-17(23)20(11-18-21)15-6-4-5-7-16(15)22-3/h4-7,11,13-14H,8-10,12H2,1-3H3. The minimum Gasteiger partial charge on any atom is -0.495 e. The highest BCUT2D eigenvalue weighted by molar-refractivity contribution is 7.71. The molecule has 124 valence electrons. The molecule has 23 heavy (non-hydrogen) atoms. The molecule has 0 amide bonds. The smallest absolute Gasteiger partial charge is 0.203 e. The summed E-state index contributed by atoms with van der Waals surface area (Å²) in [5.74, 6) is 1.44. The van der Waals surface area contributed by atoms with Crippen molar-refractivity contribution in [3.05, 3.63) is 35.4 Å². The largest absolute Gasteiger partial charge is 0.495 e. The lowest BCUT2D eigenvalue weighted by molar-refractivity contribution is 0.174. The van der Waals surface area contributed by atoms with Crippen LogP contribution < -0.4 is 4.74 Å². The summed E-state index contributed by atoms with van der Waals surface area (Å²) in [6, 6.07) is 8.55. The van der Waals surface area contributed by atoms with Gasteiger partial charge in [-0.3, -0.25) is 9.47 Å². The molecule has 1 aromatic heterocycles. The lowest BCUT2D eigenvalue weighted by atomic mass is 10.2. The van der Waals surface area contributed by atoms with E-state index < -0.39 is 0 Å². The fourth-order valence-corrected chi connectivity index (χ4v) is 3.08. The molecule has 1 saturated carbocycles. The number of rotatable bonds is 7. The van der Waals surface area contributed by atoms with E-state index in [1.165, 1.54) is 12.8 Å². The Hall–Kier alpha value is -1.66. The van der Waals surface area contributed by atoms with Gasteiger partial charge in [-0.15, -0.1) is 0 Å². The average molecular weight is 332 g/mol. The van der Waals surface area contributed by atoms with Crippen molar-refractivity contribution in [3.63, 3.8) is 0 Å². The van der Waals surface area contributed by atoms with Crippen molar-refractivity contribution in [3.8, 4) is 11.4 Å². The van der Waals surface area contributed by atoms with Gasteiger partial charge in [0.05, 0.1) is 19.5 Å². The van der Waals surface area contributed by atoms with Crippen molar-refractivity contribution in [1.29, 1.82) is 0 Å². The zero-order chi connectivity index (χ0) is 16.4. The third-order valence-corrected chi connectivity index (χ3v) is 4.46.